The molecular weight excluding hydrogens is 444 g/mol. The molecule has 1 heterocycles. The molecule has 0 aliphatic rings. The number of aryl methyl sites for hydroxylation is 1. The van der Waals surface area contributed by atoms with Crippen LogP contribution in [0.2, 0.25) is 0 Å². The molecule has 0 aliphatic heterocycles. The lowest BCUT2D eigenvalue weighted by Crippen LogP contribution is -2.10. The lowest BCUT2D eigenvalue weighted by Gasteiger charge is -2.10. The third-order valence-electron chi connectivity index (χ3n) is 6.02. The minimum absolute atomic E-state index is 0.106. The van der Waals surface area contributed by atoms with Crippen LogP contribution in [0.15, 0.2) is 102 Å². The molecule has 166 valence electrons. The zero-order valence-corrected chi connectivity index (χ0v) is 19.1. The van der Waals surface area contributed by atoms with Crippen LogP contribution in [0.3, 0.4) is 0 Å². The predicted octanol–water partition coefficient (Wildman–Crippen LogP) is 6.61. The van der Waals surface area contributed by atoms with E-state index in [0.29, 0.717) is 11.4 Å². The molecule has 0 amide bonds. The molecular formula is C28H20N2O3S. The van der Waals surface area contributed by atoms with E-state index < -0.39 is 10.1 Å². The van der Waals surface area contributed by atoms with Crippen LogP contribution >= 0.6 is 0 Å². The Kier molecular flexibility index (Phi) is 4.64. The number of rotatable bonds is 4. The Hall–Kier alpha value is -4.16. The second-order valence-electron chi connectivity index (χ2n) is 8.25. The van der Waals surface area contributed by atoms with Crippen molar-refractivity contribution in [3.63, 3.8) is 0 Å². The Balaban J connectivity index is 1.53. The standard InChI is InChI=1S/C28H20N2O3S/c1-18-14-16-19(17-15-18)34(31,32)33-25-13-7-6-12-24(25)28-29-26-22-10-4-2-8-20(22)21-9-3-5-11-23(21)27(26)30-28/h2-17H,1H3,(H,29,30). The molecule has 6 aromatic rings. The highest BCUT2D eigenvalue weighted by atomic mass is 32.2. The third kappa shape index (κ3) is 3.31. The van der Waals surface area contributed by atoms with Crippen molar-refractivity contribution in [3.05, 3.63) is 103 Å². The second kappa shape index (κ2) is 7.71. The molecule has 0 atom stereocenters. The van der Waals surface area contributed by atoms with Crippen LogP contribution < -0.4 is 4.18 Å². The SMILES string of the molecule is Cc1ccc(S(=O)(=O)Oc2ccccc2-c2nc3c4ccccc4c4ccccc4c3[nH]2)cc1. The van der Waals surface area contributed by atoms with E-state index >= 15 is 0 Å². The van der Waals surface area contributed by atoms with Crippen molar-refractivity contribution in [2.45, 2.75) is 11.8 Å². The van der Waals surface area contributed by atoms with Gasteiger partial charge in [-0.1, -0.05) is 78.4 Å². The van der Waals surface area contributed by atoms with Crippen molar-refractivity contribution >= 4 is 42.7 Å². The van der Waals surface area contributed by atoms with Gasteiger partial charge < -0.3 is 9.17 Å². The largest absolute Gasteiger partial charge is 0.378 e. The Morgan fingerprint density at radius 1 is 0.706 bits per heavy atom. The number of fused-ring (bicyclic) bond motifs is 6. The van der Waals surface area contributed by atoms with Gasteiger partial charge in [0.15, 0.2) is 5.75 Å². The molecule has 6 heteroatoms. The molecule has 34 heavy (non-hydrogen) atoms. The molecule has 0 bridgehead atoms. The maximum Gasteiger partial charge on any atom is 0.339 e. The molecule has 0 unspecified atom stereocenters. The molecule has 5 aromatic carbocycles. The van der Waals surface area contributed by atoms with Crippen molar-refractivity contribution in [2.75, 3.05) is 0 Å². The van der Waals surface area contributed by atoms with Crippen molar-refractivity contribution in [1.82, 2.24) is 9.97 Å². The number of H-pyrrole nitrogens is 1. The van der Waals surface area contributed by atoms with Crippen LogP contribution in [0.5, 0.6) is 5.75 Å². The van der Waals surface area contributed by atoms with E-state index in [1.807, 2.05) is 43.3 Å². The Morgan fingerprint density at radius 3 is 2.03 bits per heavy atom. The zero-order valence-electron chi connectivity index (χ0n) is 18.3. The number of nitrogens with zero attached hydrogens (tertiary/aromatic N) is 1. The third-order valence-corrected chi connectivity index (χ3v) is 7.27. The summed E-state index contributed by atoms with van der Waals surface area (Å²) < 4.78 is 31.5. The number of hydrogen-bond acceptors (Lipinski definition) is 4. The first-order valence-electron chi connectivity index (χ1n) is 10.9. The highest BCUT2D eigenvalue weighted by Crippen LogP contribution is 2.37. The van der Waals surface area contributed by atoms with E-state index in [-0.39, 0.29) is 10.6 Å². The van der Waals surface area contributed by atoms with Crippen molar-refractivity contribution < 1.29 is 12.6 Å². The molecule has 0 radical (unpaired) electrons. The lowest BCUT2D eigenvalue weighted by atomic mass is 10.0. The van der Waals surface area contributed by atoms with E-state index in [1.54, 1.807) is 36.4 Å². The average molecular weight is 465 g/mol. The first kappa shape index (κ1) is 20.4. The fourth-order valence-electron chi connectivity index (χ4n) is 4.36. The monoisotopic (exact) mass is 464 g/mol. The van der Waals surface area contributed by atoms with Crippen LogP contribution in [0.4, 0.5) is 0 Å². The summed E-state index contributed by atoms with van der Waals surface area (Å²) in [6.07, 6.45) is 0. The molecule has 0 saturated carbocycles. The summed E-state index contributed by atoms with van der Waals surface area (Å²) in [6, 6.07) is 30.0. The van der Waals surface area contributed by atoms with Gasteiger partial charge >= 0.3 is 10.1 Å². The van der Waals surface area contributed by atoms with Gasteiger partial charge in [0.05, 0.1) is 16.6 Å². The van der Waals surface area contributed by atoms with E-state index in [2.05, 4.69) is 29.2 Å². The number of hydrogen-bond donors (Lipinski definition) is 1. The number of aromatic amines is 1. The summed E-state index contributed by atoms with van der Waals surface area (Å²) in [5.41, 5.74) is 3.28. The van der Waals surface area contributed by atoms with E-state index in [4.69, 9.17) is 9.17 Å². The van der Waals surface area contributed by atoms with Crippen LogP contribution in [0.1, 0.15) is 5.56 Å². The van der Waals surface area contributed by atoms with E-state index in [1.165, 1.54) is 0 Å². The molecule has 1 aromatic heterocycles. The van der Waals surface area contributed by atoms with Gasteiger partial charge in [-0.25, -0.2) is 4.98 Å². The van der Waals surface area contributed by atoms with Crippen LogP contribution in [0.25, 0.3) is 44.0 Å². The van der Waals surface area contributed by atoms with E-state index in [9.17, 15) is 8.42 Å². The molecule has 0 spiro atoms. The quantitative estimate of drug-likeness (QED) is 0.235. The van der Waals surface area contributed by atoms with Gasteiger partial charge in [-0.2, -0.15) is 8.42 Å². The fraction of sp³-hybridized carbons (Fsp3) is 0.0357. The Bertz CT molecular complexity index is 1730. The maximum absolute atomic E-state index is 13.0. The fourth-order valence-corrected chi connectivity index (χ4v) is 5.30. The number of imidazole rings is 1. The van der Waals surface area contributed by atoms with Gasteiger partial charge in [0, 0.05) is 10.8 Å². The molecule has 0 saturated heterocycles. The molecule has 6 rings (SSSR count). The minimum Gasteiger partial charge on any atom is -0.378 e. The number of nitrogens with one attached hydrogen (secondary N) is 1. The Morgan fingerprint density at radius 2 is 1.29 bits per heavy atom. The van der Waals surface area contributed by atoms with Gasteiger partial charge in [0.1, 0.15) is 10.7 Å². The van der Waals surface area contributed by atoms with Crippen molar-refractivity contribution in [1.29, 1.82) is 0 Å². The normalized spacial score (nSPS) is 11.9. The van der Waals surface area contributed by atoms with Crippen molar-refractivity contribution in [3.8, 4) is 17.1 Å². The summed E-state index contributed by atoms with van der Waals surface area (Å²) in [5.74, 6) is 0.766. The van der Waals surface area contributed by atoms with Crippen molar-refractivity contribution in [2.24, 2.45) is 0 Å². The lowest BCUT2D eigenvalue weighted by molar-refractivity contribution is 0.487. The van der Waals surface area contributed by atoms with Gasteiger partial charge in [-0.3, -0.25) is 0 Å². The highest BCUT2D eigenvalue weighted by molar-refractivity contribution is 7.87. The first-order valence-corrected chi connectivity index (χ1v) is 12.3. The summed E-state index contributed by atoms with van der Waals surface area (Å²) in [5, 5.41) is 4.34. The number of benzene rings is 5. The molecule has 1 N–H and O–H groups in total. The van der Waals surface area contributed by atoms with Gasteiger partial charge in [-0.15, -0.1) is 0 Å². The molecule has 5 nitrogen and oxygen atoms in total. The summed E-state index contributed by atoms with van der Waals surface area (Å²) in [6.45, 7) is 1.90. The predicted molar refractivity (Wildman–Crippen MR) is 136 cm³/mol. The summed E-state index contributed by atoms with van der Waals surface area (Å²) in [7, 11) is -4.00. The number of aromatic nitrogens is 2. The van der Waals surface area contributed by atoms with Crippen LogP contribution in [0, 0.1) is 6.92 Å². The number of para-hydroxylation sites is 1. The maximum atomic E-state index is 13.0. The molecule has 0 aliphatic carbocycles. The average Bonchev–Trinajstić information content (AvgIpc) is 3.30. The van der Waals surface area contributed by atoms with E-state index in [0.717, 1.165) is 38.1 Å². The highest BCUT2D eigenvalue weighted by Gasteiger charge is 2.21. The van der Waals surface area contributed by atoms with Gasteiger partial charge in [-0.05, 0) is 42.0 Å². The molecule has 0 fully saturated rings. The zero-order chi connectivity index (χ0) is 23.3. The smallest absolute Gasteiger partial charge is 0.339 e. The van der Waals surface area contributed by atoms with Crippen LogP contribution in [-0.2, 0) is 10.1 Å². The van der Waals surface area contributed by atoms with Gasteiger partial charge in [0.2, 0.25) is 0 Å². The second-order valence-corrected chi connectivity index (χ2v) is 9.79. The first-order chi connectivity index (χ1) is 16.5. The summed E-state index contributed by atoms with van der Waals surface area (Å²) in [4.78, 5) is 8.45. The Labute approximate surface area is 196 Å². The topological polar surface area (TPSA) is 72.1 Å². The minimum atomic E-state index is -4.00. The van der Waals surface area contributed by atoms with Gasteiger partial charge in [0.25, 0.3) is 0 Å². The summed E-state index contributed by atoms with van der Waals surface area (Å²) >= 11 is 0. The van der Waals surface area contributed by atoms with Crippen LogP contribution in [-0.4, -0.2) is 18.4 Å².